The molecule has 1 saturated heterocycles. The van der Waals surface area contributed by atoms with Crippen LogP contribution in [0.25, 0.3) is 0 Å². The molecule has 31 heavy (non-hydrogen) atoms. The summed E-state index contributed by atoms with van der Waals surface area (Å²) in [6.07, 6.45) is 3.85. The average molecular weight is 421 g/mol. The van der Waals surface area contributed by atoms with Crippen molar-refractivity contribution in [2.45, 2.75) is 51.6 Å². The SMILES string of the molecule is CC(=O)OCC1=C2CC(C#N)(C#N)C3=CC4CC[C@H](N4)[C@@H]3C(COC(C)=O)=C2CC1=O. The van der Waals surface area contributed by atoms with E-state index in [2.05, 4.69) is 17.5 Å². The third-order valence-electron chi connectivity index (χ3n) is 6.67. The summed E-state index contributed by atoms with van der Waals surface area (Å²) in [6, 6.07) is 4.54. The van der Waals surface area contributed by atoms with Crippen LogP contribution < -0.4 is 5.32 Å². The molecule has 8 nitrogen and oxygen atoms in total. The fraction of sp³-hybridized carbons (Fsp3) is 0.522. The van der Waals surface area contributed by atoms with Crippen LogP contribution in [0, 0.1) is 34.0 Å². The van der Waals surface area contributed by atoms with Gasteiger partial charge in [-0.2, -0.15) is 10.5 Å². The highest BCUT2D eigenvalue weighted by Gasteiger charge is 2.52. The smallest absolute Gasteiger partial charge is 0.302 e. The van der Waals surface area contributed by atoms with Crippen molar-refractivity contribution in [2.75, 3.05) is 13.2 Å². The highest BCUT2D eigenvalue weighted by atomic mass is 16.5. The van der Waals surface area contributed by atoms with Crippen LogP contribution in [0.1, 0.15) is 39.5 Å². The molecule has 0 aromatic carbocycles. The number of esters is 2. The number of Topliss-reactive ketones (excluding diaryl/α,β-unsaturated/α-hetero) is 1. The van der Waals surface area contributed by atoms with Crippen molar-refractivity contribution in [2.24, 2.45) is 11.3 Å². The van der Waals surface area contributed by atoms with Crippen molar-refractivity contribution in [3.8, 4) is 12.1 Å². The lowest BCUT2D eigenvalue weighted by Crippen LogP contribution is -2.44. The molecule has 4 rings (SSSR count). The minimum absolute atomic E-state index is 0.00361. The van der Waals surface area contributed by atoms with Crippen LogP contribution in [0.3, 0.4) is 0 Å². The van der Waals surface area contributed by atoms with Crippen molar-refractivity contribution in [3.63, 3.8) is 0 Å². The number of ether oxygens (including phenoxy) is 2. The lowest BCUT2D eigenvalue weighted by molar-refractivity contribution is -0.141. The third kappa shape index (κ3) is 3.47. The maximum absolute atomic E-state index is 12.9. The first-order valence-electron chi connectivity index (χ1n) is 10.3. The van der Waals surface area contributed by atoms with Crippen molar-refractivity contribution in [1.29, 1.82) is 10.5 Å². The Balaban J connectivity index is 1.93. The Morgan fingerprint density at radius 1 is 1.13 bits per heavy atom. The number of nitrogens with one attached hydrogen (secondary N) is 1. The third-order valence-corrected chi connectivity index (χ3v) is 6.67. The molecule has 0 radical (unpaired) electrons. The van der Waals surface area contributed by atoms with Crippen LogP contribution in [0.5, 0.6) is 0 Å². The number of allylic oxidation sites excluding steroid dienone is 2. The maximum Gasteiger partial charge on any atom is 0.302 e. The Morgan fingerprint density at radius 2 is 1.81 bits per heavy atom. The Bertz CT molecular complexity index is 1040. The van der Waals surface area contributed by atoms with Gasteiger partial charge >= 0.3 is 11.9 Å². The lowest BCUT2D eigenvalue weighted by Gasteiger charge is -2.36. The number of fused-ring (bicyclic) bond motifs is 5. The summed E-state index contributed by atoms with van der Waals surface area (Å²) >= 11 is 0. The standard InChI is InChI=1S/C23H23N3O5/c1-12(27)30-8-17-16-7-23(10-24,11-25)19-5-14-3-4-20(26-14)22(19)18(9-31-13(2)28)15(16)6-21(17)29/h5,14,20,22,26H,3-4,6-9H2,1-2H3/t14?,20-,22+/m0/s1. The summed E-state index contributed by atoms with van der Waals surface area (Å²) in [5.41, 5.74) is 1.63. The highest BCUT2D eigenvalue weighted by molar-refractivity contribution is 6.03. The van der Waals surface area contributed by atoms with E-state index in [0.29, 0.717) is 16.7 Å². The van der Waals surface area contributed by atoms with Crippen LogP contribution >= 0.6 is 0 Å². The van der Waals surface area contributed by atoms with Gasteiger partial charge in [0.25, 0.3) is 0 Å². The van der Waals surface area contributed by atoms with E-state index in [-0.39, 0.29) is 49.8 Å². The average Bonchev–Trinajstić information content (AvgIpc) is 3.22. The Hall–Kier alpha value is -3.23. The molecule has 4 aliphatic rings. The van der Waals surface area contributed by atoms with Gasteiger partial charge in [-0.15, -0.1) is 0 Å². The Morgan fingerprint density at radius 3 is 2.45 bits per heavy atom. The topological polar surface area (TPSA) is 129 Å². The van der Waals surface area contributed by atoms with Gasteiger partial charge in [-0.3, -0.25) is 14.4 Å². The van der Waals surface area contributed by atoms with Crippen LogP contribution in [-0.4, -0.2) is 43.0 Å². The number of carbonyl (C=O) groups excluding carboxylic acids is 3. The van der Waals surface area contributed by atoms with E-state index in [9.17, 15) is 24.9 Å². The normalized spacial score (nSPS) is 28.1. The summed E-state index contributed by atoms with van der Waals surface area (Å²) in [7, 11) is 0. The van der Waals surface area contributed by atoms with Gasteiger partial charge < -0.3 is 14.8 Å². The number of nitrogens with zero attached hydrogens (tertiary/aromatic N) is 2. The van der Waals surface area contributed by atoms with Gasteiger partial charge in [0.1, 0.15) is 13.2 Å². The first kappa shape index (κ1) is 21.0. The highest BCUT2D eigenvalue weighted by Crippen LogP contribution is 2.53. The van der Waals surface area contributed by atoms with E-state index in [1.807, 2.05) is 6.08 Å². The fourth-order valence-electron chi connectivity index (χ4n) is 5.30. The largest absolute Gasteiger partial charge is 0.461 e. The summed E-state index contributed by atoms with van der Waals surface area (Å²) in [6.45, 7) is 2.37. The Labute approximate surface area is 180 Å². The summed E-state index contributed by atoms with van der Waals surface area (Å²) < 4.78 is 10.5. The number of carbonyl (C=O) groups is 3. The molecule has 0 aromatic rings. The van der Waals surface area contributed by atoms with E-state index in [1.54, 1.807) is 0 Å². The Kier molecular flexibility index (Phi) is 5.28. The molecule has 2 aliphatic carbocycles. The molecule has 1 fully saturated rings. The van der Waals surface area contributed by atoms with Gasteiger partial charge in [0.05, 0.1) is 12.1 Å². The number of nitriles is 2. The van der Waals surface area contributed by atoms with E-state index >= 15 is 0 Å². The van der Waals surface area contributed by atoms with Crippen molar-refractivity contribution in [3.05, 3.63) is 33.9 Å². The van der Waals surface area contributed by atoms with Gasteiger partial charge in [-0.25, -0.2) is 0 Å². The van der Waals surface area contributed by atoms with E-state index < -0.39 is 17.4 Å². The second kappa shape index (κ2) is 7.79. The summed E-state index contributed by atoms with van der Waals surface area (Å²) in [5.74, 6) is -1.47. The molecule has 0 spiro atoms. The van der Waals surface area contributed by atoms with Crippen LogP contribution in [0.15, 0.2) is 33.9 Å². The minimum Gasteiger partial charge on any atom is -0.461 e. The van der Waals surface area contributed by atoms with Crippen LogP contribution in [0.2, 0.25) is 0 Å². The second-order valence-corrected chi connectivity index (χ2v) is 8.48. The summed E-state index contributed by atoms with van der Waals surface area (Å²) in [4.78, 5) is 35.8. The molecule has 2 bridgehead atoms. The first-order valence-corrected chi connectivity index (χ1v) is 10.3. The van der Waals surface area contributed by atoms with Crippen molar-refractivity contribution < 1.29 is 23.9 Å². The number of hydrogen-bond acceptors (Lipinski definition) is 8. The first-order chi connectivity index (χ1) is 14.8. The molecular weight excluding hydrogens is 398 g/mol. The lowest BCUT2D eigenvalue weighted by atomic mass is 9.69. The zero-order valence-electron chi connectivity index (χ0n) is 17.5. The zero-order chi connectivity index (χ0) is 22.3. The molecular formula is C23H23N3O5. The molecule has 3 atom stereocenters. The van der Waals surface area contributed by atoms with Gasteiger partial charge in [0, 0.05) is 50.3 Å². The molecule has 2 aliphatic heterocycles. The molecule has 8 heteroatoms. The quantitative estimate of drug-likeness (QED) is 0.537. The van der Waals surface area contributed by atoms with E-state index in [1.165, 1.54) is 13.8 Å². The van der Waals surface area contributed by atoms with Gasteiger partial charge in [0.15, 0.2) is 11.2 Å². The molecule has 0 amide bonds. The number of hydrogen-bond donors (Lipinski definition) is 1. The van der Waals surface area contributed by atoms with Gasteiger partial charge in [0.2, 0.25) is 0 Å². The molecule has 2 heterocycles. The summed E-state index contributed by atoms with van der Waals surface area (Å²) in [5, 5.41) is 23.8. The van der Waals surface area contributed by atoms with E-state index in [4.69, 9.17) is 9.47 Å². The molecule has 0 saturated carbocycles. The number of ketones is 1. The van der Waals surface area contributed by atoms with Gasteiger partial charge in [-0.05, 0) is 35.1 Å². The zero-order valence-corrected chi connectivity index (χ0v) is 17.5. The second-order valence-electron chi connectivity index (χ2n) is 8.48. The van der Waals surface area contributed by atoms with Crippen molar-refractivity contribution >= 4 is 17.7 Å². The molecule has 1 unspecified atom stereocenters. The fourth-order valence-corrected chi connectivity index (χ4v) is 5.30. The van der Waals surface area contributed by atoms with Gasteiger partial charge in [-0.1, -0.05) is 6.08 Å². The van der Waals surface area contributed by atoms with Crippen LogP contribution in [0.4, 0.5) is 0 Å². The molecule has 1 N–H and O–H groups in total. The van der Waals surface area contributed by atoms with E-state index in [0.717, 1.165) is 24.0 Å². The van der Waals surface area contributed by atoms with Crippen LogP contribution in [-0.2, 0) is 23.9 Å². The maximum atomic E-state index is 12.9. The number of rotatable bonds is 4. The molecule has 0 aromatic heterocycles. The predicted octanol–water partition coefficient (Wildman–Crippen LogP) is 1.79. The minimum atomic E-state index is -1.45. The monoisotopic (exact) mass is 421 g/mol. The molecule has 160 valence electrons. The predicted molar refractivity (Wildman–Crippen MR) is 107 cm³/mol. The van der Waals surface area contributed by atoms with Crippen molar-refractivity contribution in [1.82, 2.24) is 5.32 Å².